The van der Waals surface area contributed by atoms with Crippen molar-refractivity contribution in [2.24, 2.45) is 0 Å². The first-order valence-corrected chi connectivity index (χ1v) is 10.1. The number of ether oxygens (including phenoxy) is 1. The third-order valence-electron chi connectivity index (χ3n) is 6.84. The van der Waals surface area contributed by atoms with E-state index in [4.69, 9.17) is 4.74 Å². The number of carbonyl (C=O) groups excluding carboxylic acids is 2. The number of esters is 1. The monoisotopic (exact) mass is 393 g/mol. The summed E-state index contributed by atoms with van der Waals surface area (Å²) in [6.45, 7) is 0. The fourth-order valence-electron chi connectivity index (χ4n) is 5.84. The van der Waals surface area contributed by atoms with Gasteiger partial charge in [-0.1, -0.05) is 72.8 Å². The summed E-state index contributed by atoms with van der Waals surface area (Å²) in [6, 6.07) is 26.2. The second kappa shape index (κ2) is 5.92. The zero-order valence-electron chi connectivity index (χ0n) is 16.4. The Morgan fingerprint density at radius 3 is 2.33 bits per heavy atom. The van der Waals surface area contributed by atoms with Crippen LogP contribution in [0.4, 0.5) is 0 Å². The molecule has 3 atom stereocenters. The average Bonchev–Trinajstić information content (AvgIpc) is 3.20. The number of methoxy groups -OCH3 is 1. The molecule has 4 heteroatoms. The van der Waals surface area contributed by atoms with E-state index in [0.29, 0.717) is 11.1 Å². The van der Waals surface area contributed by atoms with Gasteiger partial charge in [-0.25, -0.2) is 4.79 Å². The van der Waals surface area contributed by atoms with Crippen molar-refractivity contribution < 1.29 is 14.3 Å². The number of amides is 1. The molecule has 0 aromatic heterocycles. The van der Waals surface area contributed by atoms with Crippen LogP contribution in [0, 0.1) is 0 Å². The summed E-state index contributed by atoms with van der Waals surface area (Å²) in [5, 5.41) is 0. The molecule has 30 heavy (non-hydrogen) atoms. The highest BCUT2D eigenvalue weighted by Gasteiger charge is 2.65. The fourth-order valence-corrected chi connectivity index (χ4v) is 5.84. The molecule has 0 N–H and O–H groups in total. The van der Waals surface area contributed by atoms with E-state index in [1.165, 1.54) is 7.11 Å². The maximum atomic E-state index is 13.6. The van der Waals surface area contributed by atoms with Crippen LogP contribution in [0.15, 0.2) is 90.6 Å². The minimum Gasteiger partial charge on any atom is -0.466 e. The van der Waals surface area contributed by atoms with E-state index in [9.17, 15) is 9.59 Å². The number of nitrogens with zero attached hydrogens (tertiary/aromatic N) is 1. The molecule has 1 aliphatic carbocycles. The Morgan fingerprint density at radius 2 is 1.57 bits per heavy atom. The van der Waals surface area contributed by atoms with Gasteiger partial charge >= 0.3 is 5.97 Å². The lowest BCUT2D eigenvalue weighted by molar-refractivity contribution is -0.136. The minimum absolute atomic E-state index is 0.0805. The lowest BCUT2D eigenvalue weighted by atomic mass is 9.68. The lowest BCUT2D eigenvalue weighted by Crippen LogP contribution is -2.47. The van der Waals surface area contributed by atoms with E-state index in [0.717, 1.165) is 22.3 Å². The number of carbonyl (C=O) groups is 2. The fraction of sp³-hybridized carbons (Fsp3) is 0.154. The van der Waals surface area contributed by atoms with Gasteiger partial charge in [-0.2, -0.15) is 0 Å². The molecule has 1 unspecified atom stereocenters. The molecule has 6 rings (SSSR count). The highest BCUT2D eigenvalue weighted by atomic mass is 16.5. The Hall–Kier alpha value is -3.66. The molecule has 0 fully saturated rings. The second-order valence-corrected chi connectivity index (χ2v) is 8.02. The molecule has 4 nitrogen and oxygen atoms in total. The second-order valence-electron chi connectivity index (χ2n) is 8.02. The van der Waals surface area contributed by atoms with Gasteiger partial charge in [-0.3, -0.25) is 9.69 Å². The van der Waals surface area contributed by atoms with Crippen molar-refractivity contribution in [2.75, 3.05) is 7.11 Å². The van der Waals surface area contributed by atoms with E-state index < -0.39 is 11.5 Å². The van der Waals surface area contributed by atoms with Crippen molar-refractivity contribution in [3.63, 3.8) is 0 Å². The van der Waals surface area contributed by atoms with Crippen LogP contribution in [0.3, 0.4) is 0 Å². The van der Waals surface area contributed by atoms with Crippen LogP contribution < -0.4 is 0 Å². The van der Waals surface area contributed by atoms with Gasteiger partial charge in [0.25, 0.3) is 5.91 Å². The van der Waals surface area contributed by atoms with Crippen LogP contribution in [0.1, 0.15) is 44.4 Å². The summed E-state index contributed by atoms with van der Waals surface area (Å²) >= 11 is 0. The summed E-state index contributed by atoms with van der Waals surface area (Å²) in [5.41, 5.74) is 4.80. The Morgan fingerprint density at radius 1 is 0.900 bits per heavy atom. The maximum Gasteiger partial charge on any atom is 0.335 e. The van der Waals surface area contributed by atoms with Crippen molar-refractivity contribution in [1.82, 2.24) is 4.90 Å². The molecule has 0 saturated carbocycles. The van der Waals surface area contributed by atoms with Crippen LogP contribution in [0.25, 0.3) is 0 Å². The van der Waals surface area contributed by atoms with E-state index in [1.54, 1.807) is 11.1 Å². The Bertz CT molecular complexity index is 1250. The van der Waals surface area contributed by atoms with Gasteiger partial charge < -0.3 is 4.74 Å². The first-order chi connectivity index (χ1) is 14.7. The third kappa shape index (κ3) is 1.86. The van der Waals surface area contributed by atoms with Gasteiger partial charge in [0.15, 0.2) is 0 Å². The van der Waals surface area contributed by atoms with Crippen LogP contribution in [0.2, 0.25) is 0 Å². The van der Waals surface area contributed by atoms with Crippen molar-refractivity contribution in [3.05, 3.63) is 118 Å². The van der Waals surface area contributed by atoms with Crippen LogP contribution in [-0.2, 0) is 15.1 Å². The molecule has 2 heterocycles. The Labute approximate surface area is 174 Å². The van der Waals surface area contributed by atoms with Gasteiger partial charge in [0.1, 0.15) is 5.54 Å². The standard InChI is InChI=1S/C26H19NO3/c1-30-25(29)19-15-27-24(28)18-12-6-8-14-21(18)26(27)20-13-7-5-11-17(20)22(19)23(26)16-9-3-2-4-10-16/h2-15,22-23H,1H3/t22-,23?,26+/m1/s1. The highest BCUT2D eigenvalue weighted by Crippen LogP contribution is 2.67. The van der Waals surface area contributed by atoms with Gasteiger partial charge in [0.2, 0.25) is 0 Å². The van der Waals surface area contributed by atoms with Gasteiger partial charge in [-0.05, 0) is 28.3 Å². The smallest absolute Gasteiger partial charge is 0.335 e. The van der Waals surface area contributed by atoms with Crippen LogP contribution >= 0.6 is 0 Å². The molecule has 2 bridgehead atoms. The molecular weight excluding hydrogens is 374 g/mol. The molecular formula is C26H19NO3. The molecule has 3 aliphatic rings. The van der Waals surface area contributed by atoms with Crippen molar-refractivity contribution in [1.29, 1.82) is 0 Å². The summed E-state index contributed by atoms with van der Waals surface area (Å²) < 4.78 is 5.15. The molecule has 1 amide bonds. The largest absolute Gasteiger partial charge is 0.466 e. The summed E-state index contributed by atoms with van der Waals surface area (Å²) in [4.78, 5) is 28.2. The molecule has 3 aromatic carbocycles. The number of rotatable bonds is 2. The summed E-state index contributed by atoms with van der Waals surface area (Å²) in [5.74, 6) is -0.785. The summed E-state index contributed by atoms with van der Waals surface area (Å²) in [6.07, 6.45) is 1.73. The molecule has 3 aromatic rings. The third-order valence-corrected chi connectivity index (χ3v) is 6.84. The first-order valence-electron chi connectivity index (χ1n) is 10.1. The molecule has 0 saturated heterocycles. The SMILES string of the molecule is COC(=O)C1=CN2C(=O)c3ccccc3[C@]23c2ccccc2[C@H]1C3c1ccccc1. The van der Waals surface area contributed by atoms with E-state index in [1.807, 2.05) is 48.5 Å². The first kappa shape index (κ1) is 17.2. The van der Waals surface area contributed by atoms with Crippen molar-refractivity contribution >= 4 is 11.9 Å². The van der Waals surface area contributed by atoms with Crippen molar-refractivity contribution in [2.45, 2.75) is 17.4 Å². The number of benzene rings is 3. The molecule has 2 aliphatic heterocycles. The Kier molecular flexibility index (Phi) is 3.40. The number of hydrogen-bond donors (Lipinski definition) is 0. The van der Waals surface area contributed by atoms with Gasteiger partial charge in [-0.15, -0.1) is 0 Å². The zero-order chi connectivity index (χ0) is 20.5. The predicted molar refractivity (Wildman–Crippen MR) is 112 cm³/mol. The quantitative estimate of drug-likeness (QED) is 0.609. The van der Waals surface area contributed by atoms with E-state index in [-0.39, 0.29) is 17.7 Å². The van der Waals surface area contributed by atoms with Gasteiger partial charge in [0, 0.05) is 23.6 Å². The number of hydrogen-bond acceptors (Lipinski definition) is 3. The molecule has 1 spiro atoms. The maximum absolute atomic E-state index is 13.6. The zero-order valence-corrected chi connectivity index (χ0v) is 16.4. The van der Waals surface area contributed by atoms with Crippen molar-refractivity contribution in [3.8, 4) is 0 Å². The molecule has 146 valence electrons. The van der Waals surface area contributed by atoms with E-state index in [2.05, 4.69) is 30.3 Å². The topological polar surface area (TPSA) is 46.6 Å². The van der Waals surface area contributed by atoms with Crippen LogP contribution in [-0.4, -0.2) is 23.9 Å². The van der Waals surface area contributed by atoms with E-state index >= 15 is 0 Å². The average molecular weight is 393 g/mol. The summed E-state index contributed by atoms with van der Waals surface area (Å²) in [7, 11) is 1.39. The normalized spacial score (nSPS) is 25.3. The molecule has 0 radical (unpaired) electrons. The number of fused-ring (bicyclic) bond motifs is 4. The van der Waals surface area contributed by atoms with Gasteiger partial charge in [0.05, 0.1) is 12.7 Å². The predicted octanol–water partition coefficient (Wildman–Crippen LogP) is 4.34. The highest BCUT2D eigenvalue weighted by molar-refractivity contribution is 6.04. The minimum atomic E-state index is -0.673. The Balaban J connectivity index is 1.77. The lowest BCUT2D eigenvalue weighted by Gasteiger charge is -2.45. The van der Waals surface area contributed by atoms with Crippen LogP contribution in [0.5, 0.6) is 0 Å².